The van der Waals surface area contributed by atoms with Crippen LogP contribution in [0, 0.1) is 0 Å². The molecule has 0 amide bonds. The zero-order valence-corrected chi connectivity index (χ0v) is 31.4. The maximum absolute atomic E-state index is 5.13. The summed E-state index contributed by atoms with van der Waals surface area (Å²) >= 11 is 0. The van der Waals surface area contributed by atoms with Crippen LogP contribution in [0.25, 0.3) is 76.7 Å². The van der Waals surface area contributed by atoms with Crippen LogP contribution in [0.3, 0.4) is 0 Å². The van der Waals surface area contributed by atoms with E-state index in [2.05, 4.69) is 190 Å². The van der Waals surface area contributed by atoms with Gasteiger partial charge in [0.2, 0.25) is 0 Å². The molecule has 0 saturated carbocycles. The minimum atomic E-state index is -0.251. The first-order valence-corrected chi connectivity index (χ1v) is 19.8. The van der Waals surface area contributed by atoms with Gasteiger partial charge in [0.25, 0.3) is 0 Å². The fourth-order valence-corrected chi connectivity index (χ4v) is 9.06. The second-order valence-electron chi connectivity index (χ2n) is 15.0. The highest BCUT2D eigenvalue weighted by Gasteiger charge is 2.22. The molecule has 0 spiro atoms. The fourth-order valence-electron chi connectivity index (χ4n) is 9.06. The van der Waals surface area contributed by atoms with Crippen LogP contribution in [0.15, 0.2) is 210 Å². The van der Waals surface area contributed by atoms with Gasteiger partial charge in [0.05, 0.1) is 27.6 Å². The molecule has 0 saturated heterocycles. The zero-order valence-electron chi connectivity index (χ0n) is 31.4. The van der Waals surface area contributed by atoms with E-state index in [0.717, 1.165) is 39.3 Å². The summed E-state index contributed by atoms with van der Waals surface area (Å²) in [5.74, 6) is 1.52. The highest BCUT2D eigenvalue weighted by atomic mass is 15.2. The van der Waals surface area contributed by atoms with E-state index in [9.17, 15) is 0 Å². The van der Waals surface area contributed by atoms with Crippen molar-refractivity contribution in [3.05, 3.63) is 217 Å². The van der Waals surface area contributed by atoms with E-state index in [4.69, 9.17) is 9.98 Å². The molecule has 4 heterocycles. The van der Waals surface area contributed by atoms with Gasteiger partial charge < -0.3 is 14.3 Å². The number of nitrogens with zero attached hydrogens (tertiary/aromatic N) is 4. The Hall–Kier alpha value is -7.76. The Labute approximate surface area is 334 Å². The average Bonchev–Trinajstić information content (AvgIpc) is 3.87. The number of amidine groups is 2. The summed E-state index contributed by atoms with van der Waals surface area (Å²) < 4.78 is 4.94. The third-order valence-corrected chi connectivity index (χ3v) is 11.7. The first-order chi connectivity index (χ1) is 28.8. The molecule has 1 aliphatic rings. The summed E-state index contributed by atoms with van der Waals surface area (Å²) in [6.07, 6.45) is -0.251. The minimum Gasteiger partial charge on any atom is -0.344 e. The van der Waals surface area contributed by atoms with Gasteiger partial charge in [0.15, 0.2) is 5.84 Å². The van der Waals surface area contributed by atoms with Crippen molar-refractivity contribution in [3.63, 3.8) is 0 Å². The minimum absolute atomic E-state index is 0.251. The standard InChI is InChI=1S/C53H35N5/c1-3-14-35(15-4-1)51-54-52(36-16-5-2-6-17-36)56-53(55-51)39-19-13-18-37(32-39)34-26-29-40(30-27-34)57-46-24-11-10-23-44(46)45-31-28-38-33-48-43-22-8-7-20-41(43)42-21-9-12-25-47(42)58(48)49(38)50(45)57/h1-33,51H,(H,54,55,56). The molecule has 0 aliphatic carbocycles. The van der Waals surface area contributed by atoms with Crippen LogP contribution >= 0.6 is 0 Å². The number of fused-ring (bicyclic) bond motifs is 12. The molecule has 11 aromatic rings. The maximum atomic E-state index is 5.13. The topological polar surface area (TPSA) is 46.1 Å². The summed E-state index contributed by atoms with van der Waals surface area (Å²) in [5, 5.41) is 11.1. The van der Waals surface area contributed by atoms with Crippen LogP contribution in [0.4, 0.5) is 0 Å². The van der Waals surface area contributed by atoms with Crippen molar-refractivity contribution in [2.24, 2.45) is 9.98 Å². The number of para-hydroxylation sites is 2. The predicted octanol–water partition coefficient (Wildman–Crippen LogP) is 12.7. The number of hydrogen-bond acceptors (Lipinski definition) is 3. The van der Waals surface area contributed by atoms with Gasteiger partial charge in [0, 0.05) is 43.7 Å². The van der Waals surface area contributed by atoms with Gasteiger partial charge in [0.1, 0.15) is 12.0 Å². The first-order valence-electron chi connectivity index (χ1n) is 19.8. The van der Waals surface area contributed by atoms with Gasteiger partial charge in [-0.15, -0.1) is 0 Å². The predicted molar refractivity (Wildman–Crippen MR) is 242 cm³/mol. The molecular weight excluding hydrogens is 707 g/mol. The number of benzene rings is 8. The van der Waals surface area contributed by atoms with E-state index in [1.165, 1.54) is 59.9 Å². The molecule has 0 bridgehead atoms. The second kappa shape index (κ2) is 12.9. The zero-order chi connectivity index (χ0) is 38.2. The van der Waals surface area contributed by atoms with E-state index >= 15 is 0 Å². The summed E-state index contributed by atoms with van der Waals surface area (Å²) in [6.45, 7) is 0. The number of aliphatic imine (C=N–C) groups is 2. The van der Waals surface area contributed by atoms with Crippen LogP contribution < -0.4 is 5.32 Å². The van der Waals surface area contributed by atoms with E-state index in [-0.39, 0.29) is 6.17 Å². The molecule has 0 fully saturated rings. The maximum Gasteiger partial charge on any atom is 0.159 e. The van der Waals surface area contributed by atoms with Crippen LogP contribution in [0.2, 0.25) is 0 Å². The summed E-state index contributed by atoms with van der Waals surface area (Å²) in [6, 6.07) is 71.6. The Morgan fingerprint density at radius 3 is 1.81 bits per heavy atom. The number of hydrogen-bond donors (Lipinski definition) is 1. The van der Waals surface area contributed by atoms with Crippen LogP contribution in [0.1, 0.15) is 22.9 Å². The first kappa shape index (κ1) is 32.5. The summed E-state index contributed by atoms with van der Waals surface area (Å²) in [7, 11) is 0. The van der Waals surface area contributed by atoms with Gasteiger partial charge in [-0.3, -0.25) is 0 Å². The Kier molecular flexibility index (Phi) is 7.23. The van der Waals surface area contributed by atoms with Crippen molar-refractivity contribution in [3.8, 4) is 16.8 Å². The highest BCUT2D eigenvalue weighted by molar-refractivity contribution is 6.23. The molecule has 1 atom stereocenters. The van der Waals surface area contributed by atoms with Crippen LogP contribution in [-0.2, 0) is 0 Å². The number of aromatic nitrogens is 2. The number of rotatable bonds is 5. The van der Waals surface area contributed by atoms with Crippen molar-refractivity contribution in [1.82, 2.24) is 14.3 Å². The Morgan fingerprint density at radius 2 is 1.03 bits per heavy atom. The molecule has 5 heteroatoms. The van der Waals surface area contributed by atoms with Crippen molar-refractivity contribution in [1.29, 1.82) is 0 Å². The molecule has 1 N–H and O–H groups in total. The molecule has 1 aliphatic heterocycles. The lowest BCUT2D eigenvalue weighted by Crippen LogP contribution is -2.33. The number of pyridine rings is 1. The number of nitrogens with one attached hydrogen (secondary N) is 1. The normalized spacial score (nSPS) is 14.4. The van der Waals surface area contributed by atoms with E-state index in [0.29, 0.717) is 5.84 Å². The summed E-state index contributed by atoms with van der Waals surface area (Å²) in [5.41, 5.74) is 12.5. The molecule has 272 valence electrons. The quantitative estimate of drug-likeness (QED) is 0.175. The molecular formula is C53H35N5. The Balaban J connectivity index is 1.01. The van der Waals surface area contributed by atoms with Gasteiger partial charge in [-0.05, 0) is 58.5 Å². The molecule has 12 rings (SSSR count). The molecule has 58 heavy (non-hydrogen) atoms. The van der Waals surface area contributed by atoms with Gasteiger partial charge in [-0.1, -0.05) is 164 Å². The van der Waals surface area contributed by atoms with E-state index in [1.54, 1.807) is 0 Å². The lowest BCUT2D eigenvalue weighted by atomic mass is 10.0. The summed E-state index contributed by atoms with van der Waals surface area (Å²) in [4.78, 5) is 10.2. The molecule has 8 aromatic carbocycles. The third kappa shape index (κ3) is 5.03. The van der Waals surface area contributed by atoms with Gasteiger partial charge in [-0.25, -0.2) is 9.98 Å². The molecule has 1 unspecified atom stereocenters. The monoisotopic (exact) mass is 741 g/mol. The average molecular weight is 742 g/mol. The smallest absolute Gasteiger partial charge is 0.159 e. The van der Waals surface area contributed by atoms with Crippen molar-refractivity contribution in [2.45, 2.75) is 6.17 Å². The van der Waals surface area contributed by atoms with E-state index in [1.807, 2.05) is 24.3 Å². The van der Waals surface area contributed by atoms with Gasteiger partial charge >= 0.3 is 0 Å². The van der Waals surface area contributed by atoms with Crippen molar-refractivity contribution < 1.29 is 0 Å². The Bertz CT molecular complexity index is 3460. The Morgan fingerprint density at radius 1 is 0.414 bits per heavy atom. The third-order valence-electron chi connectivity index (χ3n) is 11.7. The highest BCUT2D eigenvalue weighted by Crippen LogP contribution is 2.41. The molecule has 3 aromatic heterocycles. The SMILES string of the molecule is c1ccc(C2=NC(c3cccc(-c4ccc(-n5c6ccccc6c6ccc7cc8c9ccccc9c9ccccc9n8c7c65)cc4)c3)=NC(c3ccccc3)N2)cc1. The molecule has 5 nitrogen and oxygen atoms in total. The van der Waals surface area contributed by atoms with Crippen molar-refractivity contribution >= 4 is 71.6 Å². The van der Waals surface area contributed by atoms with Crippen LogP contribution in [0.5, 0.6) is 0 Å². The molecule has 0 radical (unpaired) electrons. The van der Waals surface area contributed by atoms with Crippen molar-refractivity contribution in [2.75, 3.05) is 0 Å². The second-order valence-corrected chi connectivity index (χ2v) is 15.0. The van der Waals surface area contributed by atoms with Gasteiger partial charge in [-0.2, -0.15) is 0 Å². The lowest BCUT2D eigenvalue weighted by molar-refractivity contribution is 0.674. The van der Waals surface area contributed by atoms with Crippen LogP contribution in [-0.4, -0.2) is 20.6 Å². The van der Waals surface area contributed by atoms with E-state index < -0.39 is 0 Å². The lowest BCUT2D eigenvalue weighted by Gasteiger charge is -2.23. The largest absolute Gasteiger partial charge is 0.344 e. The fraction of sp³-hybridized carbons (Fsp3) is 0.0189.